The molecule has 156 valence electrons. The summed E-state index contributed by atoms with van der Waals surface area (Å²) in [6.45, 7) is 6.45. The number of nitrogen functional groups attached to an aromatic ring is 1. The van der Waals surface area contributed by atoms with Crippen molar-refractivity contribution in [2.75, 3.05) is 5.73 Å². The van der Waals surface area contributed by atoms with E-state index < -0.39 is 43.4 Å². The molecule has 1 saturated heterocycles. The minimum atomic E-state index is -3.83. The van der Waals surface area contributed by atoms with E-state index in [2.05, 4.69) is 15.0 Å². The highest BCUT2D eigenvalue weighted by atomic mass is 31.2. The molecule has 1 aliphatic heterocycles. The van der Waals surface area contributed by atoms with Crippen molar-refractivity contribution >= 4 is 24.6 Å². The van der Waals surface area contributed by atoms with Crippen LogP contribution in [-0.4, -0.2) is 64.2 Å². The van der Waals surface area contributed by atoms with Gasteiger partial charge in [0.15, 0.2) is 17.7 Å². The average molecular weight is 415 g/mol. The van der Waals surface area contributed by atoms with E-state index in [0.717, 1.165) is 0 Å². The van der Waals surface area contributed by atoms with Gasteiger partial charge in [0.05, 0.1) is 23.7 Å². The zero-order valence-corrected chi connectivity index (χ0v) is 17.0. The number of ether oxygens (including phenoxy) is 1. The van der Waals surface area contributed by atoms with Gasteiger partial charge in [0.1, 0.15) is 24.1 Å². The molecule has 28 heavy (non-hydrogen) atoms. The van der Waals surface area contributed by atoms with E-state index >= 15 is 0 Å². The van der Waals surface area contributed by atoms with Crippen LogP contribution < -0.4 is 5.73 Å². The lowest BCUT2D eigenvalue weighted by Crippen LogP contribution is -2.37. The third-order valence-electron chi connectivity index (χ3n) is 4.72. The van der Waals surface area contributed by atoms with Crippen molar-refractivity contribution in [1.29, 1.82) is 0 Å². The fourth-order valence-corrected chi connectivity index (χ4v) is 4.16. The predicted molar refractivity (Wildman–Crippen MR) is 100 cm³/mol. The number of nitrogens with two attached hydrogens (primary N) is 1. The molecule has 3 heterocycles. The van der Waals surface area contributed by atoms with Gasteiger partial charge in [-0.05, 0) is 13.8 Å². The molecule has 1 aliphatic rings. The first kappa shape index (κ1) is 21.1. The number of aromatic nitrogens is 4. The maximum atomic E-state index is 12.2. The van der Waals surface area contributed by atoms with Crippen molar-refractivity contribution in [1.82, 2.24) is 19.5 Å². The molecule has 5 atom stereocenters. The lowest BCUT2D eigenvalue weighted by molar-refractivity contribution is -0.0604. The molecule has 0 aliphatic carbocycles. The number of anilines is 1. The van der Waals surface area contributed by atoms with Gasteiger partial charge < -0.3 is 30.1 Å². The standard InChI is InChI=1S/C16H26N5O6P/c1-8(2)28(24,25)27-16(3,4)5-9-11(22)12(23)15(26-9)21-7-20-10-13(17)18-6-19-14(10)21/h6-9,11-12,15,22-23H,5H2,1-4H3,(H,24,25)(H2,17,18,19)/t9?,11-,12-,15-/m1/s1. The first-order chi connectivity index (χ1) is 12.9. The number of imidazole rings is 1. The molecule has 3 rings (SSSR count). The summed E-state index contributed by atoms with van der Waals surface area (Å²) in [5.41, 5.74) is 4.86. The van der Waals surface area contributed by atoms with Gasteiger partial charge in [-0.25, -0.2) is 15.0 Å². The van der Waals surface area contributed by atoms with Crippen molar-refractivity contribution in [3.05, 3.63) is 12.7 Å². The number of hydrogen-bond acceptors (Lipinski definition) is 9. The van der Waals surface area contributed by atoms with Crippen molar-refractivity contribution in [2.45, 2.75) is 69.9 Å². The minimum Gasteiger partial charge on any atom is -0.388 e. The lowest BCUT2D eigenvalue weighted by Gasteiger charge is -2.32. The zero-order chi connectivity index (χ0) is 20.9. The summed E-state index contributed by atoms with van der Waals surface area (Å²) in [6, 6.07) is 0. The molecule has 2 unspecified atom stereocenters. The van der Waals surface area contributed by atoms with Crippen LogP contribution in [0, 0.1) is 0 Å². The molecule has 2 aromatic heterocycles. The Morgan fingerprint density at radius 2 is 2.00 bits per heavy atom. The molecule has 11 nitrogen and oxygen atoms in total. The highest BCUT2D eigenvalue weighted by molar-refractivity contribution is 7.53. The predicted octanol–water partition coefficient (Wildman–Crippen LogP) is 0.807. The van der Waals surface area contributed by atoms with E-state index in [0.29, 0.717) is 11.2 Å². The molecular weight excluding hydrogens is 389 g/mol. The molecule has 0 radical (unpaired) electrons. The maximum Gasteiger partial charge on any atom is 0.331 e. The summed E-state index contributed by atoms with van der Waals surface area (Å²) in [5.74, 6) is 0.190. The third kappa shape index (κ3) is 3.91. The van der Waals surface area contributed by atoms with Crippen LogP contribution in [0.25, 0.3) is 11.2 Å². The molecule has 0 amide bonds. The summed E-state index contributed by atoms with van der Waals surface area (Å²) in [7, 11) is -3.83. The maximum absolute atomic E-state index is 12.2. The van der Waals surface area contributed by atoms with Gasteiger partial charge in [0.2, 0.25) is 0 Å². The smallest absolute Gasteiger partial charge is 0.331 e. The van der Waals surface area contributed by atoms with Crippen LogP contribution in [0.4, 0.5) is 5.82 Å². The van der Waals surface area contributed by atoms with Gasteiger partial charge >= 0.3 is 7.60 Å². The normalized spacial score (nSPS) is 28.1. The van der Waals surface area contributed by atoms with Crippen molar-refractivity contribution < 1.29 is 28.9 Å². The van der Waals surface area contributed by atoms with Crippen LogP contribution in [0.3, 0.4) is 0 Å². The molecule has 0 spiro atoms. The fourth-order valence-electron chi connectivity index (χ4n) is 3.17. The van der Waals surface area contributed by atoms with Crippen LogP contribution in [0.5, 0.6) is 0 Å². The Hall–Kier alpha value is -1.62. The molecule has 1 fully saturated rings. The highest BCUT2D eigenvalue weighted by Gasteiger charge is 2.47. The fraction of sp³-hybridized carbons (Fsp3) is 0.688. The molecule has 5 N–H and O–H groups in total. The van der Waals surface area contributed by atoms with Crippen molar-refractivity contribution in [3.63, 3.8) is 0 Å². The highest BCUT2D eigenvalue weighted by Crippen LogP contribution is 2.52. The summed E-state index contributed by atoms with van der Waals surface area (Å²) in [4.78, 5) is 22.1. The number of rotatable bonds is 6. The van der Waals surface area contributed by atoms with Gasteiger partial charge in [-0.15, -0.1) is 0 Å². The van der Waals surface area contributed by atoms with Crippen LogP contribution in [0.1, 0.15) is 40.3 Å². The van der Waals surface area contributed by atoms with Crippen LogP contribution in [0.15, 0.2) is 12.7 Å². The topological polar surface area (TPSA) is 166 Å². The second kappa shape index (κ2) is 7.33. The third-order valence-corrected chi connectivity index (χ3v) is 6.78. The van der Waals surface area contributed by atoms with E-state index in [4.69, 9.17) is 15.0 Å². The number of hydrogen-bond donors (Lipinski definition) is 4. The summed E-state index contributed by atoms with van der Waals surface area (Å²) >= 11 is 0. The van der Waals surface area contributed by atoms with E-state index in [9.17, 15) is 19.7 Å². The Kier molecular flexibility index (Phi) is 5.52. The van der Waals surface area contributed by atoms with Gasteiger partial charge in [0, 0.05) is 6.42 Å². The number of aliphatic hydroxyl groups is 2. The Morgan fingerprint density at radius 1 is 1.32 bits per heavy atom. The summed E-state index contributed by atoms with van der Waals surface area (Å²) in [5, 5.41) is 21.0. The number of nitrogens with zero attached hydrogens (tertiary/aromatic N) is 4. The average Bonchev–Trinajstić information content (AvgIpc) is 3.11. The van der Waals surface area contributed by atoms with Crippen molar-refractivity contribution in [3.8, 4) is 0 Å². The number of fused-ring (bicyclic) bond motifs is 1. The zero-order valence-electron chi connectivity index (χ0n) is 16.1. The quantitative estimate of drug-likeness (QED) is 0.496. The van der Waals surface area contributed by atoms with Gasteiger partial charge in [-0.3, -0.25) is 9.13 Å². The van der Waals surface area contributed by atoms with E-state index in [1.807, 2.05) is 0 Å². The first-order valence-corrected chi connectivity index (χ1v) is 10.6. The van der Waals surface area contributed by atoms with Crippen LogP contribution in [0.2, 0.25) is 0 Å². The van der Waals surface area contributed by atoms with E-state index in [1.54, 1.807) is 27.7 Å². The lowest BCUT2D eigenvalue weighted by atomic mass is 9.97. The largest absolute Gasteiger partial charge is 0.388 e. The van der Waals surface area contributed by atoms with Crippen LogP contribution in [-0.2, 0) is 13.8 Å². The van der Waals surface area contributed by atoms with Crippen molar-refractivity contribution in [2.24, 2.45) is 0 Å². The minimum absolute atomic E-state index is 0.0861. The Bertz CT molecular complexity index is 903. The Morgan fingerprint density at radius 3 is 2.64 bits per heavy atom. The second-order valence-corrected chi connectivity index (χ2v) is 10.2. The Labute approximate surface area is 162 Å². The SMILES string of the molecule is CC(C)P(=O)(O)OC(C)(C)CC1O[C@@H](n2cnc3c(N)ncnc32)[C@H](O)[C@@H]1O. The van der Waals surface area contributed by atoms with Gasteiger partial charge in [-0.2, -0.15) is 0 Å². The Balaban J connectivity index is 1.80. The molecule has 2 aromatic rings. The molecule has 0 aromatic carbocycles. The van der Waals surface area contributed by atoms with E-state index in [-0.39, 0.29) is 12.2 Å². The molecule has 0 saturated carbocycles. The summed E-state index contributed by atoms with van der Waals surface area (Å²) < 4.78 is 25.0. The molecule has 0 bridgehead atoms. The van der Waals surface area contributed by atoms with E-state index in [1.165, 1.54) is 17.2 Å². The van der Waals surface area contributed by atoms with Gasteiger partial charge in [0.25, 0.3) is 0 Å². The molecular formula is C16H26N5O6P. The molecule has 12 heteroatoms. The number of aliphatic hydroxyl groups excluding tert-OH is 2. The first-order valence-electron chi connectivity index (χ1n) is 8.91. The van der Waals surface area contributed by atoms with Gasteiger partial charge in [-0.1, -0.05) is 13.8 Å². The second-order valence-electron chi connectivity index (χ2n) is 7.84. The monoisotopic (exact) mass is 415 g/mol. The van der Waals surface area contributed by atoms with Crippen LogP contribution >= 0.6 is 7.60 Å². The summed E-state index contributed by atoms with van der Waals surface area (Å²) in [6.07, 6.45) is -1.53.